The second kappa shape index (κ2) is 7.09. The Labute approximate surface area is 132 Å². The van der Waals surface area contributed by atoms with Gasteiger partial charge in [0, 0.05) is 0 Å². The van der Waals surface area contributed by atoms with Gasteiger partial charge in [-0.25, -0.2) is 4.79 Å². The van der Waals surface area contributed by atoms with Crippen LogP contribution in [0.25, 0.3) is 0 Å². The smallest absolute Gasteiger partial charge is 0.338 e. The second-order valence-electron chi connectivity index (χ2n) is 4.74. The molecule has 23 heavy (non-hydrogen) atoms. The Balaban J connectivity index is 2.01. The molecule has 0 aliphatic rings. The highest BCUT2D eigenvalue weighted by Crippen LogP contribution is 2.15. The van der Waals surface area contributed by atoms with Gasteiger partial charge < -0.3 is 15.2 Å². The number of nitrogens with one attached hydrogen (secondary N) is 1. The van der Waals surface area contributed by atoms with E-state index in [-0.39, 0.29) is 11.3 Å². The van der Waals surface area contributed by atoms with E-state index in [9.17, 15) is 14.7 Å². The molecule has 2 N–H and O–H groups in total. The molecule has 0 heterocycles. The summed E-state index contributed by atoms with van der Waals surface area (Å²) < 4.78 is 5.07. The van der Waals surface area contributed by atoms with Crippen molar-refractivity contribution in [3.8, 4) is 11.8 Å². The van der Waals surface area contributed by atoms with Crippen molar-refractivity contribution in [1.29, 1.82) is 5.26 Å². The molecule has 0 fully saturated rings. The van der Waals surface area contributed by atoms with Crippen molar-refractivity contribution in [3.05, 3.63) is 59.7 Å². The molecular weight excluding hydrogens is 296 g/mol. The zero-order valence-electron chi connectivity index (χ0n) is 12.3. The predicted molar refractivity (Wildman–Crippen MR) is 82.8 cm³/mol. The Morgan fingerprint density at radius 1 is 1.17 bits per heavy atom. The quantitative estimate of drug-likeness (QED) is 0.845. The lowest BCUT2D eigenvalue weighted by Crippen LogP contribution is -2.30. The summed E-state index contributed by atoms with van der Waals surface area (Å²) >= 11 is 0. The molecule has 0 bridgehead atoms. The highest BCUT2D eigenvalue weighted by molar-refractivity contribution is 5.98. The number of para-hydroxylation sites is 1. The van der Waals surface area contributed by atoms with Crippen LogP contribution >= 0.6 is 0 Å². The number of anilines is 1. The summed E-state index contributed by atoms with van der Waals surface area (Å²) in [4.78, 5) is 24.0. The van der Waals surface area contributed by atoms with E-state index < -0.39 is 18.0 Å². The Morgan fingerprint density at radius 3 is 2.48 bits per heavy atom. The number of amides is 1. The average molecular weight is 310 g/mol. The molecule has 2 aromatic rings. The van der Waals surface area contributed by atoms with Crippen molar-refractivity contribution in [2.24, 2.45) is 0 Å². The topological polar surface area (TPSA) is 99.4 Å². The van der Waals surface area contributed by atoms with Crippen LogP contribution in [-0.2, 0) is 9.53 Å². The lowest BCUT2D eigenvalue weighted by atomic mass is 10.2. The van der Waals surface area contributed by atoms with Crippen molar-refractivity contribution in [3.63, 3.8) is 0 Å². The molecular formula is C17H14N2O4. The van der Waals surface area contributed by atoms with E-state index in [0.29, 0.717) is 11.3 Å². The summed E-state index contributed by atoms with van der Waals surface area (Å²) in [5, 5.41) is 20.7. The first-order chi connectivity index (χ1) is 11.0. The van der Waals surface area contributed by atoms with E-state index >= 15 is 0 Å². The Morgan fingerprint density at radius 2 is 1.83 bits per heavy atom. The highest BCUT2D eigenvalue weighted by Gasteiger charge is 2.19. The number of nitrogens with zero attached hydrogens (tertiary/aromatic N) is 1. The van der Waals surface area contributed by atoms with Crippen LogP contribution in [0, 0.1) is 11.3 Å². The van der Waals surface area contributed by atoms with Crippen molar-refractivity contribution in [2.45, 2.75) is 13.0 Å². The third-order valence-electron chi connectivity index (χ3n) is 3.06. The van der Waals surface area contributed by atoms with Gasteiger partial charge in [0.15, 0.2) is 6.10 Å². The van der Waals surface area contributed by atoms with Crippen LogP contribution in [0.15, 0.2) is 48.5 Å². The minimum atomic E-state index is -1.04. The van der Waals surface area contributed by atoms with Gasteiger partial charge in [-0.15, -0.1) is 0 Å². The molecule has 1 atom stereocenters. The van der Waals surface area contributed by atoms with Crippen LogP contribution in [0.5, 0.6) is 5.75 Å². The monoisotopic (exact) mass is 310 g/mol. The molecule has 0 aliphatic carbocycles. The molecule has 0 unspecified atom stereocenters. The molecule has 116 valence electrons. The molecule has 6 nitrogen and oxygen atoms in total. The molecule has 0 radical (unpaired) electrons. The van der Waals surface area contributed by atoms with Crippen LogP contribution < -0.4 is 5.32 Å². The van der Waals surface area contributed by atoms with E-state index in [4.69, 9.17) is 10.00 Å². The van der Waals surface area contributed by atoms with Gasteiger partial charge in [-0.3, -0.25) is 4.79 Å². The molecule has 0 aromatic heterocycles. The number of hydrogen-bond donors (Lipinski definition) is 2. The van der Waals surface area contributed by atoms with Crippen LogP contribution in [0.3, 0.4) is 0 Å². The molecule has 0 saturated heterocycles. The number of aromatic hydroxyl groups is 1. The van der Waals surface area contributed by atoms with Gasteiger partial charge in [0.1, 0.15) is 11.8 Å². The van der Waals surface area contributed by atoms with Gasteiger partial charge in [0.2, 0.25) is 0 Å². The lowest BCUT2D eigenvalue weighted by molar-refractivity contribution is -0.123. The molecule has 0 spiro atoms. The third kappa shape index (κ3) is 4.08. The highest BCUT2D eigenvalue weighted by atomic mass is 16.5. The molecule has 2 aromatic carbocycles. The van der Waals surface area contributed by atoms with E-state index in [0.717, 1.165) is 0 Å². The van der Waals surface area contributed by atoms with Gasteiger partial charge in [-0.05, 0) is 43.3 Å². The van der Waals surface area contributed by atoms with Gasteiger partial charge in [0.25, 0.3) is 5.91 Å². The molecule has 0 aliphatic heterocycles. The zero-order valence-corrected chi connectivity index (χ0v) is 12.3. The predicted octanol–water partition coefficient (Wildman–Crippen LogP) is 2.45. The summed E-state index contributed by atoms with van der Waals surface area (Å²) in [6.45, 7) is 1.43. The van der Waals surface area contributed by atoms with E-state index in [2.05, 4.69) is 5.32 Å². The Bertz CT molecular complexity index is 763. The van der Waals surface area contributed by atoms with E-state index in [1.807, 2.05) is 6.07 Å². The number of carbonyl (C=O) groups excluding carboxylic acids is 2. The number of nitriles is 1. The fourth-order valence-electron chi connectivity index (χ4n) is 1.80. The minimum Gasteiger partial charge on any atom is -0.508 e. The van der Waals surface area contributed by atoms with Crippen molar-refractivity contribution in [1.82, 2.24) is 0 Å². The Hall–Kier alpha value is -3.33. The first-order valence-electron chi connectivity index (χ1n) is 6.81. The van der Waals surface area contributed by atoms with Gasteiger partial charge in [0.05, 0.1) is 16.8 Å². The number of phenols is 1. The Kier molecular flexibility index (Phi) is 4.95. The number of ether oxygens (including phenoxy) is 1. The number of carbonyl (C=O) groups is 2. The van der Waals surface area contributed by atoms with Crippen LogP contribution in [0.1, 0.15) is 22.8 Å². The van der Waals surface area contributed by atoms with Crippen LogP contribution in [0.2, 0.25) is 0 Å². The van der Waals surface area contributed by atoms with Crippen LogP contribution in [-0.4, -0.2) is 23.1 Å². The van der Waals surface area contributed by atoms with Gasteiger partial charge in [-0.2, -0.15) is 5.26 Å². The van der Waals surface area contributed by atoms with Crippen LogP contribution in [0.4, 0.5) is 5.69 Å². The van der Waals surface area contributed by atoms with Crippen molar-refractivity contribution < 1.29 is 19.4 Å². The summed E-state index contributed by atoms with van der Waals surface area (Å²) in [5.74, 6) is -1.19. The second-order valence-corrected chi connectivity index (χ2v) is 4.74. The number of benzene rings is 2. The fourth-order valence-corrected chi connectivity index (χ4v) is 1.80. The SMILES string of the molecule is C[C@@H](OC(=O)c1ccc(O)cc1)C(=O)Nc1ccccc1C#N. The molecule has 0 saturated carbocycles. The normalized spacial score (nSPS) is 11.1. The molecule has 6 heteroatoms. The number of phenolic OH excluding ortho intramolecular Hbond substituents is 1. The largest absolute Gasteiger partial charge is 0.508 e. The summed E-state index contributed by atoms with van der Waals surface area (Å²) in [6.07, 6.45) is -1.04. The standard InChI is InChI=1S/C17H14N2O4/c1-11(23-17(22)12-6-8-14(20)9-7-12)16(21)19-15-5-3-2-4-13(15)10-18/h2-9,11,20H,1H3,(H,19,21)/t11-/m1/s1. The summed E-state index contributed by atoms with van der Waals surface area (Å²) in [6, 6.07) is 14.0. The first-order valence-corrected chi connectivity index (χ1v) is 6.81. The van der Waals surface area contributed by atoms with E-state index in [1.165, 1.54) is 31.2 Å². The van der Waals surface area contributed by atoms with Crippen molar-refractivity contribution >= 4 is 17.6 Å². The van der Waals surface area contributed by atoms with Crippen molar-refractivity contribution in [2.75, 3.05) is 5.32 Å². The molecule has 2 rings (SSSR count). The average Bonchev–Trinajstić information content (AvgIpc) is 2.55. The molecule has 1 amide bonds. The maximum atomic E-state index is 12.1. The number of hydrogen-bond acceptors (Lipinski definition) is 5. The van der Waals surface area contributed by atoms with Gasteiger partial charge in [-0.1, -0.05) is 12.1 Å². The number of esters is 1. The van der Waals surface area contributed by atoms with Gasteiger partial charge >= 0.3 is 5.97 Å². The third-order valence-corrected chi connectivity index (χ3v) is 3.06. The summed E-state index contributed by atoms with van der Waals surface area (Å²) in [7, 11) is 0. The minimum absolute atomic E-state index is 0.0282. The number of rotatable bonds is 4. The zero-order chi connectivity index (χ0) is 16.8. The summed E-state index contributed by atoms with van der Waals surface area (Å²) in [5.41, 5.74) is 0.894. The first kappa shape index (κ1) is 16.0. The van der Waals surface area contributed by atoms with E-state index in [1.54, 1.807) is 24.3 Å². The fraction of sp³-hybridized carbons (Fsp3) is 0.118. The lowest BCUT2D eigenvalue weighted by Gasteiger charge is -2.14. The maximum Gasteiger partial charge on any atom is 0.338 e. The maximum absolute atomic E-state index is 12.1.